The molecule has 188 valence electrons. The van der Waals surface area contributed by atoms with Crippen LogP contribution in [0.5, 0.6) is 0 Å². The zero-order valence-electron chi connectivity index (χ0n) is 19.3. The number of aliphatic imine (C=N–C) groups is 1. The van der Waals surface area contributed by atoms with Gasteiger partial charge >= 0.3 is 0 Å². The molecular weight excluding hydrogens is 455 g/mol. The molecule has 7 unspecified atom stereocenters. The molecule has 4 fully saturated rings. The Balaban J connectivity index is 1.41. The van der Waals surface area contributed by atoms with E-state index in [1.54, 1.807) is 0 Å². The van der Waals surface area contributed by atoms with Gasteiger partial charge in [0.25, 0.3) is 0 Å². The number of alkyl halides is 4. The molecule has 1 amide bonds. The fraction of sp³-hybridized carbons (Fsp3) is 0.913. The van der Waals surface area contributed by atoms with E-state index < -0.39 is 29.8 Å². The summed E-state index contributed by atoms with van der Waals surface area (Å²) in [4.78, 5) is 17.7. The summed E-state index contributed by atoms with van der Waals surface area (Å²) in [5, 5.41) is 5.81. The van der Waals surface area contributed by atoms with Gasteiger partial charge in [0.1, 0.15) is 24.7 Å². The van der Waals surface area contributed by atoms with Gasteiger partial charge in [0.2, 0.25) is 5.91 Å². The molecule has 10 heteroatoms. The van der Waals surface area contributed by atoms with E-state index in [9.17, 15) is 18.0 Å². The van der Waals surface area contributed by atoms with Crippen molar-refractivity contribution in [2.75, 3.05) is 0 Å². The summed E-state index contributed by atoms with van der Waals surface area (Å²) in [6, 6.07) is -0.0825. The Labute approximate surface area is 199 Å². The maximum Gasteiger partial charge on any atom is 0.229 e. The number of amides is 1. The molecule has 4 N–H and O–H groups in total. The number of nitrogens with zero attached hydrogens (tertiary/aromatic N) is 1. The molecule has 0 aromatic rings. The van der Waals surface area contributed by atoms with Crippen molar-refractivity contribution in [2.45, 2.75) is 119 Å². The minimum Gasteiger partial charge on any atom is -0.351 e. The Hall–Kier alpha value is -1.06. The Kier molecular flexibility index (Phi) is 8.11. The normalized spacial score (nSPS) is 41.7. The summed E-state index contributed by atoms with van der Waals surface area (Å²) in [7, 11) is 0. The maximum atomic E-state index is 14.1. The molecule has 4 aliphatic rings. The quantitative estimate of drug-likeness (QED) is 0.274. The van der Waals surface area contributed by atoms with Gasteiger partial charge in [0.15, 0.2) is 5.96 Å². The molecule has 0 bridgehead atoms. The first-order valence-electron chi connectivity index (χ1n) is 12.4. The number of guanidine groups is 1. The van der Waals surface area contributed by atoms with Crippen LogP contribution in [0.1, 0.15) is 77.6 Å². The molecule has 3 aliphatic carbocycles. The van der Waals surface area contributed by atoms with Gasteiger partial charge < -0.3 is 5.32 Å². The van der Waals surface area contributed by atoms with Crippen molar-refractivity contribution >= 4 is 23.5 Å². The molecule has 0 aromatic carbocycles. The lowest BCUT2D eigenvalue weighted by molar-refractivity contribution is -0.125. The molecule has 4 rings (SSSR count). The van der Waals surface area contributed by atoms with E-state index in [4.69, 9.17) is 16.6 Å². The zero-order chi connectivity index (χ0) is 23.6. The van der Waals surface area contributed by atoms with Crippen molar-refractivity contribution in [2.24, 2.45) is 16.8 Å². The van der Waals surface area contributed by atoms with Crippen LogP contribution >= 0.6 is 11.6 Å². The lowest BCUT2D eigenvalue weighted by Gasteiger charge is -2.31. The van der Waals surface area contributed by atoms with Crippen molar-refractivity contribution in [3.8, 4) is 0 Å². The first kappa shape index (κ1) is 25.0. The van der Waals surface area contributed by atoms with Gasteiger partial charge in [-0.05, 0) is 57.8 Å². The van der Waals surface area contributed by atoms with Crippen LogP contribution in [0.2, 0.25) is 0 Å². The van der Waals surface area contributed by atoms with Crippen LogP contribution in [0, 0.1) is 11.8 Å². The minimum atomic E-state index is -1.19. The van der Waals surface area contributed by atoms with Crippen LogP contribution in [-0.2, 0) is 4.79 Å². The van der Waals surface area contributed by atoms with Gasteiger partial charge in [-0.15, -0.1) is 11.6 Å². The van der Waals surface area contributed by atoms with Crippen LogP contribution in [-0.4, -0.2) is 53.5 Å². The van der Waals surface area contributed by atoms with Gasteiger partial charge in [0, 0.05) is 30.3 Å². The summed E-state index contributed by atoms with van der Waals surface area (Å²) < 4.78 is 41.8. The molecule has 1 aliphatic heterocycles. The highest BCUT2D eigenvalue weighted by Crippen LogP contribution is 2.34. The SMILES string of the molecule is CC1(N/C(=N\C2CC(C3CC(F)CC(F)C3)NN2)NC(=O)C2CCC(Cl)C(F)C2)CCCC1. The van der Waals surface area contributed by atoms with Crippen LogP contribution in [0.3, 0.4) is 0 Å². The number of hydrazine groups is 1. The summed E-state index contributed by atoms with van der Waals surface area (Å²) >= 11 is 5.98. The van der Waals surface area contributed by atoms with Crippen molar-refractivity contribution in [3.63, 3.8) is 0 Å². The highest BCUT2D eigenvalue weighted by atomic mass is 35.5. The van der Waals surface area contributed by atoms with Crippen LogP contribution in [0.25, 0.3) is 0 Å². The largest absolute Gasteiger partial charge is 0.351 e. The molecule has 0 radical (unpaired) electrons. The van der Waals surface area contributed by atoms with Gasteiger partial charge in [0.05, 0.1) is 5.38 Å². The van der Waals surface area contributed by atoms with Crippen LogP contribution in [0.15, 0.2) is 4.99 Å². The Morgan fingerprint density at radius 1 is 1.00 bits per heavy atom. The molecule has 1 heterocycles. The first-order chi connectivity index (χ1) is 15.7. The van der Waals surface area contributed by atoms with Crippen molar-refractivity contribution in [1.82, 2.24) is 21.5 Å². The van der Waals surface area contributed by atoms with E-state index in [-0.39, 0.29) is 42.4 Å². The van der Waals surface area contributed by atoms with Crippen LogP contribution < -0.4 is 21.5 Å². The lowest BCUT2D eigenvalue weighted by atomic mass is 9.81. The third kappa shape index (κ3) is 6.54. The van der Waals surface area contributed by atoms with Crippen molar-refractivity contribution < 1.29 is 18.0 Å². The minimum absolute atomic E-state index is 0.0116. The predicted octanol–water partition coefficient (Wildman–Crippen LogP) is 3.80. The second kappa shape index (κ2) is 10.7. The van der Waals surface area contributed by atoms with E-state index in [2.05, 4.69) is 28.4 Å². The fourth-order valence-corrected chi connectivity index (χ4v) is 6.09. The number of hydrogen-bond acceptors (Lipinski definition) is 4. The molecule has 1 saturated heterocycles. The summed E-state index contributed by atoms with van der Waals surface area (Å²) in [5.41, 5.74) is 6.11. The van der Waals surface area contributed by atoms with Gasteiger partial charge in [-0.1, -0.05) is 12.8 Å². The number of halogens is 4. The molecule has 0 aromatic heterocycles. The topological polar surface area (TPSA) is 77.6 Å². The Morgan fingerprint density at radius 2 is 1.70 bits per heavy atom. The second-order valence-corrected chi connectivity index (χ2v) is 11.3. The Morgan fingerprint density at radius 3 is 2.36 bits per heavy atom. The number of hydrogen-bond donors (Lipinski definition) is 4. The van der Waals surface area contributed by atoms with Crippen LogP contribution in [0.4, 0.5) is 13.2 Å². The molecule has 6 nitrogen and oxygen atoms in total. The van der Waals surface area contributed by atoms with Crippen molar-refractivity contribution in [3.05, 3.63) is 0 Å². The average Bonchev–Trinajstić information content (AvgIpc) is 3.38. The standard InChI is InChI=1S/C23H37ClF3N5O/c1-23(6-2-3-7-23)30-22(29-21(33)13-4-5-17(24)18(27)10-13)28-20-12-19(31-32-20)14-8-15(25)11-16(26)9-14/h13-20,31-32H,2-12H2,1H3,(H2,28,29,30,33). The van der Waals surface area contributed by atoms with Gasteiger partial charge in [-0.3, -0.25) is 15.5 Å². The maximum absolute atomic E-state index is 14.1. The fourth-order valence-electron chi connectivity index (χ4n) is 5.86. The summed E-state index contributed by atoms with van der Waals surface area (Å²) in [5.74, 6) is -0.402. The number of nitrogens with one attached hydrogen (secondary N) is 4. The second-order valence-electron chi connectivity index (χ2n) is 10.7. The third-order valence-corrected chi connectivity index (χ3v) is 8.32. The summed E-state index contributed by atoms with van der Waals surface area (Å²) in [6.07, 6.45) is 2.83. The monoisotopic (exact) mass is 491 g/mol. The zero-order valence-corrected chi connectivity index (χ0v) is 20.0. The number of rotatable bonds is 4. The first-order valence-corrected chi connectivity index (χ1v) is 12.9. The molecule has 0 spiro atoms. The molecule has 7 atom stereocenters. The highest BCUT2D eigenvalue weighted by molar-refractivity contribution is 6.21. The highest BCUT2D eigenvalue weighted by Gasteiger charge is 2.38. The third-order valence-electron chi connectivity index (χ3n) is 7.83. The van der Waals surface area contributed by atoms with Crippen molar-refractivity contribution in [1.29, 1.82) is 0 Å². The number of carbonyl (C=O) groups is 1. The number of carbonyl (C=O) groups excluding carboxylic acids is 1. The lowest BCUT2D eigenvalue weighted by Crippen LogP contribution is -2.53. The molecular formula is C23H37ClF3N5O. The van der Waals surface area contributed by atoms with E-state index in [0.29, 0.717) is 38.1 Å². The van der Waals surface area contributed by atoms with E-state index in [0.717, 1.165) is 25.7 Å². The molecule has 33 heavy (non-hydrogen) atoms. The summed E-state index contributed by atoms with van der Waals surface area (Å²) in [6.45, 7) is 2.12. The van der Waals surface area contributed by atoms with E-state index >= 15 is 0 Å². The average molecular weight is 492 g/mol. The van der Waals surface area contributed by atoms with E-state index in [1.165, 1.54) is 0 Å². The predicted molar refractivity (Wildman–Crippen MR) is 123 cm³/mol. The Bertz CT molecular complexity index is 712. The van der Waals surface area contributed by atoms with E-state index in [1.807, 2.05) is 0 Å². The molecule has 3 saturated carbocycles. The smallest absolute Gasteiger partial charge is 0.229 e. The van der Waals surface area contributed by atoms with Gasteiger partial charge in [-0.2, -0.15) is 0 Å². The van der Waals surface area contributed by atoms with Gasteiger partial charge in [-0.25, -0.2) is 23.6 Å².